The van der Waals surface area contributed by atoms with Crippen molar-refractivity contribution >= 4 is 11.6 Å². The van der Waals surface area contributed by atoms with Crippen molar-refractivity contribution in [3.05, 3.63) is 58.6 Å². The van der Waals surface area contributed by atoms with E-state index in [1.165, 1.54) is 5.56 Å². The van der Waals surface area contributed by atoms with Crippen LogP contribution in [-0.2, 0) is 16.8 Å². The van der Waals surface area contributed by atoms with Crippen LogP contribution in [0.1, 0.15) is 43.8 Å². The molecule has 0 atom stereocenters. The Bertz CT molecular complexity index is 583. The summed E-state index contributed by atoms with van der Waals surface area (Å²) in [6, 6.07) is 12.1. The highest BCUT2D eigenvalue weighted by molar-refractivity contribution is 6.29. The Balaban J connectivity index is 2.57. The third kappa shape index (κ3) is 3.25. The van der Waals surface area contributed by atoms with Gasteiger partial charge in [-0.1, -0.05) is 55.8 Å². The second-order valence-electron chi connectivity index (χ2n) is 5.09. The SMILES string of the molecule is CCC(CC)(c1ccccc1)c1nc(Cl)cc(COC)n1. The van der Waals surface area contributed by atoms with E-state index in [-0.39, 0.29) is 5.41 Å². The molecule has 0 amide bonds. The molecule has 0 bridgehead atoms. The summed E-state index contributed by atoms with van der Waals surface area (Å²) in [7, 11) is 1.65. The van der Waals surface area contributed by atoms with E-state index < -0.39 is 0 Å². The van der Waals surface area contributed by atoms with Crippen LogP contribution in [0.15, 0.2) is 36.4 Å². The molecule has 1 aromatic heterocycles. The van der Waals surface area contributed by atoms with Crippen LogP contribution in [0.3, 0.4) is 0 Å². The molecule has 1 aromatic carbocycles. The molecule has 0 N–H and O–H groups in total. The van der Waals surface area contributed by atoms with Crippen molar-refractivity contribution < 1.29 is 4.74 Å². The third-order valence-electron chi connectivity index (χ3n) is 4.00. The Kier molecular flexibility index (Phi) is 5.32. The van der Waals surface area contributed by atoms with Crippen molar-refractivity contribution in [3.8, 4) is 0 Å². The summed E-state index contributed by atoms with van der Waals surface area (Å²) >= 11 is 6.19. The summed E-state index contributed by atoms with van der Waals surface area (Å²) in [5, 5.41) is 0.467. The summed E-state index contributed by atoms with van der Waals surface area (Å²) in [5.41, 5.74) is 1.82. The lowest BCUT2D eigenvalue weighted by Crippen LogP contribution is -2.29. The van der Waals surface area contributed by atoms with Crippen molar-refractivity contribution in [1.29, 1.82) is 0 Å². The van der Waals surface area contributed by atoms with Gasteiger partial charge in [-0.3, -0.25) is 0 Å². The molecule has 112 valence electrons. The highest BCUT2D eigenvalue weighted by Crippen LogP contribution is 2.37. The molecular formula is C17H21ClN2O. The van der Waals surface area contributed by atoms with Gasteiger partial charge >= 0.3 is 0 Å². The maximum Gasteiger partial charge on any atom is 0.140 e. The zero-order valence-corrected chi connectivity index (χ0v) is 13.5. The number of halogens is 1. The molecule has 0 saturated heterocycles. The second-order valence-corrected chi connectivity index (χ2v) is 5.48. The molecule has 0 unspecified atom stereocenters. The average molecular weight is 305 g/mol. The molecule has 0 spiro atoms. The molecule has 0 saturated carbocycles. The zero-order chi connectivity index (χ0) is 15.3. The minimum atomic E-state index is -0.214. The van der Waals surface area contributed by atoms with Crippen molar-refractivity contribution in [3.63, 3.8) is 0 Å². The van der Waals surface area contributed by atoms with Gasteiger partial charge in [-0.15, -0.1) is 0 Å². The van der Waals surface area contributed by atoms with Gasteiger partial charge in [-0.25, -0.2) is 9.97 Å². The summed E-state index contributed by atoms with van der Waals surface area (Å²) in [6.07, 6.45) is 1.83. The molecule has 21 heavy (non-hydrogen) atoms. The standard InChI is InChI=1S/C17H21ClN2O/c1-4-17(5-2,13-9-7-6-8-10-13)16-19-14(12-21-3)11-15(18)20-16/h6-11H,4-5,12H2,1-3H3. The minimum Gasteiger partial charge on any atom is -0.378 e. The van der Waals surface area contributed by atoms with Gasteiger partial charge in [-0.05, 0) is 24.5 Å². The van der Waals surface area contributed by atoms with Gasteiger partial charge in [0.1, 0.15) is 11.0 Å². The summed E-state index contributed by atoms with van der Waals surface area (Å²) in [4.78, 5) is 9.20. The zero-order valence-electron chi connectivity index (χ0n) is 12.8. The Morgan fingerprint density at radius 1 is 1.10 bits per heavy atom. The lowest BCUT2D eigenvalue weighted by Gasteiger charge is -2.31. The third-order valence-corrected chi connectivity index (χ3v) is 4.20. The lowest BCUT2D eigenvalue weighted by molar-refractivity contribution is 0.180. The summed E-state index contributed by atoms with van der Waals surface area (Å²) in [5.74, 6) is 0.776. The van der Waals surface area contributed by atoms with Crippen molar-refractivity contribution in [2.24, 2.45) is 0 Å². The Labute approximate surface area is 131 Å². The fourth-order valence-electron chi connectivity index (χ4n) is 2.76. The van der Waals surface area contributed by atoms with Crippen LogP contribution in [0.5, 0.6) is 0 Å². The van der Waals surface area contributed by atoms with E-state index in [0.717, 1.165) is 24.4 Å². The maximum atomic E-state index is 6.19. The van der Waals surface area contributed by atoms with Gasteiger partial charge in [0.2, 0.25) is 0 Å². The predicted molar refractivity (Wildman–Crippen MR) is 85.6 cm³/mol. The fraction of sp³-hybridized carbons (Fsp3) is 0.412. The smallest absolute Gasteiger partial charge is 0.140 e. The Hall–Kier alpha value is -1.45. The van der Waals surface area contributed by atoms with E-state index in [1.54, 1.807) is 13.2 Å². The van der Waals surface area contributed by atoms with E-state index in [0.29, 0.717) is 11.8 Å². The maximum absolute atomic E-state index is 6.19. The number of ether oxygens (including phenoxy) is 1. The van der Waals surface area contributed by atoms with Gasteiger partial charge in [0, 0.05) is 7.11 Å². The molecular weight excluding hydrogens is 284 g/mol. The van der Waals surface area contributed by atoms with Crippen LogP contribution in [0, 0.1) is 0 Å². The molecule has 0 aliphatic rings. The van der Waals surface area contributed by atoms with Crippen molar-refractivity contribution in [1.82, 2.24) is 9.97 Å². The lowest BCUT2D eigenvalue weighted by atomic mass is 9.75. The van der Waals surface area contributed by atoms with E-state index >= 15 is 0 Å². The molecule has 4 heteroatoms. The van der Waals surface area contributed by atoms with Crippen molar-refractivity contribution in [2.45, 2.75) is 38.7 Å². The normalized spacial score (nSPS) is 11.6. The fourth-order valence-corrected chi connectivity index (χ4v) is 2.97. The molecule has 2 aromatic rings. The number of methoxy groups -OCH3 is 1. The van der Waals surface area contributed by atoms with E-state index in [2.05, 4.69) is 43.1 Å². The largest absolute Gasteiger partial charge is 0.378 e. The molecule has 3 nitrogen and oxygen atoms in total. The van der Waals surface area contributed by atoms with E-state index in [1.807, 2.05) is 6.07 Å². The highest BCUT2D eigenvalue weighted by Gasteiger charge is 2.34. The predicted octanol–water partition coefficient (Wildman–Crippen LogP) is 4.38. The van der Waals surface area contributed by atoms with Gasteiger partial charge in [0.25, 0.3) is 0 Å². The van der Waals surface area contributed by atoms with E-state index in [9.17, 15) is 0 Å². The van der Waals surface area contributed by atoms with Crippen molar-refractivity contribution in [2.75, 3.05) is 7.11 Å². The highest BCUT2D eigenvalue weighted by atomic mass is 35.5. The van der Waals surface area contributed by atoms with Gasteiger partial charge in [0.05, 0.1) is 17.7 Å². The summed E-state index contributed by atoms with van der Waals surface area (Å²) in [6.45, 7) is 4.76. The first-order valence-electron chi connectivity index (χ1n) is 7.24. The minimum absolute atomic E-state index is 0.214. The summed E-state index contributed by atoms with van der Waals surface area (Å²) < 4.78 is 5.17. The molecule has 2 rings (SSSR count). The van der Waals surface area contributed by atoms with E-state index in [4.69, 9.17) is 21.3 Å². The number of hydrogen-bond acceptors (Lipinski definition) is 3. The van der Waals surface area contributed by atoms with Crippen LogP contribution >= 0.6 is 11.6 Å². The van der Waals surface area contributed by atoms with Crippen LogP contribution in [0.4, 0.5) is 0 Å². The van der Waals surface area contributed by atoms with Gasteiger partial charge in [0.15, 0.2) is 0 Å². The average Bonchev–Trinajstić information content (AvgIpc) is 2.50. The number of aromatic nitrogens is 2. The van der Waals surface area contributed by atoms with Crippen LogP contribution in [0.25, 0.3) is 0 Å². The monoisotopic (exact) mass is 304 g/mol. The Morgan fingerprint density at radius 2 is 1.76 bits per heavy atom. The van der Waals surface area contributed by atoms with Crippen LogP contribution in [0.2, 0.25) is 5.15 Å². The molecule has 0 fully saturated rings. The topological polar surface area (TPSA) is 35.0 Å². The van der Waals surface area contributed by atoms with Gasteiger partial charge in [-0.2, -0.15) is 0 Å². The van der Waals surface area contributed by atoms with Crippen LogP contribution < -0.4 is 0 Å². The number of hydrogen-bond donors (Lipinski definition) is 0. The van der Waals surface area contributed by atoms with Gasteiger partial charge < -0.3 is 4.74 Å². The molecule has 1 heterocycles. The number of rotatable bonds is 6. The second kappa shape index (κ2) is 7.01. The first kappa shape index (κ1) is 15.9. The van der Waals surface area contributed by atoms with Crippen LogP contribution in [-0.4, -0.2) is 17.1 Å². The number of nitrogens with zero attached hydrogens (tertiary/aromatic N) is 2. The molecule has 0 radical (unpaired) electrons. The first-order valence-corrected chi connectivity index (χ1v) is 7.62. The quantitative estimate of drug-likeness (QED) is 0.743. The Morgan fingerprint density at radius 3 is 2.33 bits per heavy atom. The molecule has 0 aliphatic carbocycles. The number of benzene rings is 1. The molecule has 0 aliphatic heterocycles. The first-order chi connectivity index (χ1) is 10.2.